The van der Waals surface area contributed by atoms with Gasteiger partial charge in [-0.25, -0.2) is 0 Å². The van der Waals surface area contributed by atoms with Crippen LogP contribution in [0.4, 0.5) is 0 Å². The molecular formula is C15H23NO2. The number of benzene rings is 1. The van der Waals surface area contributed by atoms with Gasteiger partial charge in [-0.05, 0) is 37.3 Å². The van der Waals surface area contributed by atoms with E-state index in [1.54, 1.807) is 7.11 Å². The number of nitrogens with two attached hydrogens (primary N) is 1. The van der Waals surface area contributed by atoms with Gasteiger partial charge in [0.2, 0.25) is 0 Å². The van der Waals surface area contributed by atoms with E-state index in [9.17, 15) is 0 Å². The van der Waals surface area contributed by atoms with Crippen LogP contribution in [0.5, 0.6) is 11.5 Å². The average Bonchev–Trinajstić information content (AvgIpc) is 2.41. The van der Waals surface area contributed by atoms with Gasteiger partial charge in [-0.3, -0.25) is 0 Å². The Morgan fingerprint density at radius 1 is 1.17 bits per heavy atom. The van der Waals surface area contributed by atoms with Crippen molar-refractivity contribution in [1.82, 2.24) is 0 Å². The smallest absolute Gasteiger partial charge is 0.161 e. The first kappa shape index (κ1) is 13.2. The molecule has 0 aliphatic heterocycles. The number of methoxy groups -OCH3 is 1. The van der Waals surface area contributed by atoms with Gasteiger partial charge in [-0.15, -0.1) is 0 Å². The Morgan fingerprint density at radius 3 is 2.61 bits per heavy atom. The molecule has 2 unspecified atom stereocenters. The fourth-order valence-electron chi connectivity index (χ4n) is 2.65. The maximum Gasteiger partial charge on any atom is 0.161 e. The molecule has 0 spiro atoms. The van der Waals surface area contributed by atoms with Crippen molar-refractivity contribution in [2.75, 3.05) is 13.7 Å². The minimum Gasteiger partial charge on any atom is -0.493 e. The Hall–Kier alpha value is -1.22. The monoisotopic (exact) mass is 249 g/mol. The van der Waals surface area contributed by atoms with Crippen molar-refractivity contribution < 1.29 is 9.47 Å². The van der Waals surface area contributed by atoms with Crippen molar-refractivity contribution in [2.45, 2.75) is 38.1 Å². The van der Waals surface area contributed by atoms with Gasteiger partial charge in [0.15, 0.2) is 11.5 Å². The maximum atomic E-state index is 6.13. The van der Waals surface area contributed by atoms with E-state index < -0.39 is 0 Å². The van der Waals surface area contributed by atoms with Crippen molar-refractivity contribution >= 4 is 0 Å². The molecule has 1 fully saturated rings. The van der Waals surface area contributed by atoms with Gasteiger partial charge >= 0.3 is 0 Å². The van der Waals surface area contributed by atoms with Crippen LogP contribution in [0.2, 0.25) is 0 Å². The third-order valence-electron chi connectivity index (χ3n) is 3.78. The summed E-state index contributed by atoms with van der Waals surface area (Å²) < 4.78 is 11.1. The Bertz CT molecular complexity index is 367. The molecular weight excluding hydrogens is 226 g/mol. The topological polar surface area (TPSA) is 44.5 Å². The zero-order valence-corrected chi connectivity index (χ0v) is 11.1. The zero-order chi connectivity index (χ0) is 12.8. The molecule has 1 aromatic carbocycles. The summed E-state index contributed by atoms with van der Waals surface area (Å²) in [5.41, 5.74) is 6.13. The lowest BCUT2D eigenvalue weighted by Gasteiger charge is -2.28. The lowest BCUT2D eigenvalue weighted by molar-refractivity contribution is 0.220. The van der Waals surface area contributed by atoms with Crippen molar-refractivity contribution in [2.24, 2.45) is 11.7 Å². The molecule has 0 amide bonds. The van der Waals surface area contributed by atoms with Crippen molar-refractivity contribution in [3.63, 3.8) is 0 Å². The van der Waals surface area contributed by atoms with E-state index in [1.807, 2.05) is 24.3 Å². The summed E-state index contributed by atoms with van der Waals surface area (Å²) in [5, 5.41) is 0. The summed E-state index contributed by atoms with van der Waals surface area (Å²) in [6.45, 7) is 0.721. The van der Waals surface area contributed by atoms with Crippen LogP contribution in [0.3, 0.4) is 0 Å². The zero-order valence-electron chi connectivity index (χ0n) is 11.1. The molecule has 0 radical (unpaired) electrons. The number of ether oxygens (including phenoxy) is 2. The molecule has 100 valence electrons. The van der Waals surface area contributed by atoms with E-state index in [4.69, 9.17) is 15.2 Å². The molecule has 2 N–H and O–H groups in total. The van der Waals surface area contributed by atoms with E-state index in [0.29, 0.717) is 12.0 Å². The third-order valence-corrected chi connectivity index (χ3v) is 3.78. The summed E-state index contributed by atoms with van der Waals surface area (Å²) in [7, 11) is 1.67. The van der Waals surface area contributed by atoms with Gasteiger partial charge in [-0.1, -0.05) is 25.0 Å². The van der Waals surface area contributed by atoms with E-state index >= 15 is 0 Å². The minimum absolute atomic E-state index is 0.361. The molecule has 3 nitrogen and oxygen atoms in total. The standard InChI is InChI=1S/C15H23NO2/c1-17-14-8-4-5-9-15(14)18-11-10-12-6-2-3-7-13(12)16/h4-5,8-9,12-13H,2-3,6-7,10-11,16H2,1H3. The molecule has 1 aliphatic rings. The van der Waals surface area contributed by atoms with Gasteiger partial charge < -0.3 is 15.2 Å². The predicted octanol–water partition coefficient (Wildman–Crippen LogP) is 2.98. The molecule has 18 heavy (non-hydrogen) atoms. The molecule has 0 aromatic heterocycles. The molecule has 0 heterocycles. The van der Waals surface area contributed by atoms with Crippen LogP contribution in [0, 0.1) is 5.92 Å². The highest BCUT2D eigenvalue weighted by Gasteiger charge is 2.21. The van der Waals surface area contributed by atoms with Crippen LogP contribution < -0.4 is 15.2 Å². The molecule has 1 aliphatic carbocycles. The van der Waals surface area contributed by atoms with Gasteiger partial charge in [-0.2, -0.15) is 0 Å². The first-order valence-electron chi connectivity index (χ1n) is 6.82. The van der Waals surface area contributed by atoms with Gasteiger partial charge in [0, 0.05) is 6.04 Å². The predicted molar refractivity (Wildman–Crippen MR) is 73.0 cm³/mol. The first-order valence-corrected chi connectivity index (χ1v) is 6.82. The van der Waals surface area contributed by atoms with Crippen LogP contribution in [0.15, 0.2) is 24.3 Å². The summed E-state index contributed by atoms with van der Waals surface area (Å²) in [5.74, 6) is 2.24. The Morgan fingerprint density at radius 2 is 1.89 bits per heavy atom. The lowest BCUT2D eigenvalue weighted by atomic mass is 9.83. The van der Waals surface area contributed by atoms with Crippen LogP contribution in [-0.2, 0) is 0 Å². The van der Waals surface area contributed by atoms with E-state index in [-0.39, 0.29) is 0 Å². The third kappa shape index (κ3) is 3.39. The summed E-state index contributed by atoms with van der Waals surface area (Å²) in [6.07, 6.45) is 6.05. The highest BCUT2D eigenvalue weighted by molar-refractivity contribution is 5.39. The van der Waals surface area contributed by atoms with Gasteiger partial charge in [0.05, 0.1) is 13.7 Å². The van der Waals surface area contributed by atoms with Crippen LogP contribution >= 0.6 is 0 Å². The van der Waals surface area contributed by atoms with E-state index in [2.05, 4.69) is 0 Å². The molecule has 0 bridgehead atoms. The second-order valence-electron chi connectivity index (χ2n) is 5.00. The summed E-state index contributed by atoms with van der Waals surface area (Å²) in [4.78, 5) is 0. The summed E-state index contributed by atoms with van der Waals surface area (Å²) in [6, 6.07) is 8.13. The molecule has 3 heteroatoms. The number of rotatable bonds is 5. The molecule has 2 atom stereocenters. The summed E-state index contributed by atoms with van der Waals surface area (Å²) >= 11 is 0. The van der Waals surface area contributed by atoms with Crippen molar-refractivity contribution in [1.29, 1.82) is 0 Å². The second-order valence-corrected chi connectivity index (χ2v) is 5.00. The molecule has 1 aromatic rings. The number of para-hydroxylation sites is 2. The Kier molecular flexibility index (Phi) is 4.88. The molecule has 1 saturated carbocycles. The number of hydrogen-bond acceptors (Lipinski definition) is 3. The lowest BCUT2D eigenvalue weighted by Crippen LogP contribution is -2.33. The number of hydrogen-bond donors (Lipinski definition) is 1. The van der Waals surface area contributed by atoms with Crippen LogP contribution in [0.25, 0.3) is 0 Å². The van der Waals surface area contributed by atoms with Gasteiger partial charge in [0.25, 0.3) is 0 Å². The molecule has 0 saturated heterocycles. The second kappa shape index (κ2) is 6.64. The normalized spacial score (nSPS) is 23.7. The first-order chi connectivity index (χ1) is 8.81. The highest BCUT2D eigenvalue weighted by atomic mass is 16.5. The highest BCUT2D eigenvalue weighted by Crippen LogP contribution is 2.28. The Labute approximate surface area is 109 Å². The minimum atomic E-state index is 0.361. The fourth-order valence-corrected chi connectivity index (χ4v) is 2.65. The SMILES string of the molecule is COc1ccccc1OCCC1CCCCC1N. The van der Waals surface area contributed by atoms with Crippen molar-refractivity contribution in [3.05, 3.63) is 24.3 Å². The van der Waals surface area contributed by atoms with Crippen LogP contribution in [0.1, 0.15) is 32.1 Å². The fraction of sp³-hybridized carbons (Fsp3) is 0.600. The van der Waals surface area contributed by atoms with E-state index in [1.165, 1.54) is 25.7 Å². The largest absolute Gasteiger partial charge is 0.493 e. The van der Waals surface area contributed by atoms with E-state index in [0.717, 1.165) is 24.5 Å². The average molecular weight is 249 g/mol. The van der Waals surface area contributed by atoms with Crippen LogP contribution in [-0.4, -0.2) is 19.8 Å². The molecule has 2 rings (SSSR count). The maximum absolute atomic E-state index is 6.13. The van der Waals surface area contributed by atoms with Crippen molar-refractivity contribution in [3.8, 4) is 11.5 Å². The Balaban J connectivity index is 1.80. The quantitative estimate of drug-likeness (QED) is 0.872. The van der Waals surface area contributed by atoms with Gasteiger partial charge in [0.1, 0.15) is 0 Å².